The van der Waals surface area contributed by atoms with Crippen molar-refractivity contribution >= 4 is 31.9 Å². The minimum Gasteiger partial charge on any atom is -0.453 e. The minimum atomic E-state index is 0.115. The third-order valence-corrected chi connectivity index (χ3v) is 3.62. The van der Waals surface area contributed by atoms with E-state index in [2.05, 4.69) is 63.0 Å². The fraction of sp³-hybridized carbons (Fsp3) is 0.167. The molecule has 0 radical (unpaired) electrons. The zero-order chi connectivity index (χ0) is 10.8. The average molecular weight is 330 g/mol. The summed E-state index contributed by atoms with van der Waals surface area (Å²) in [4.78, 5) is 0.115. The highest BCUT2D eigenvalue weighted by atomic mass is 79.9. The Morgan fingerprint density at radius 1 is 1.07 bits per heavy atom. The second-order valence-electron chi connectivity index (χ2n) is 3.42. The maximum Gasteiger partial charge on any atom is 0.169 e. The number of furan rings is 1. The summed E-state index contributed by atoms with van der Waals surface area (Å²) in [5.74, 6) is 0.908. The Kier molecular flexibility index (Phi) is 3.32. The molecule has 0 aliphatic rings. The van der Waals surface area contributed by atoms with Crippen LogP contribution in [0.25, 0.3) is 0 Å². The first-order chi connectivity index (χ1) is 7.16. The normalized spacial score (nSPS) is 12.7. The van der Waals surface area contributed by atoms with Crippen molar-refractivity contribution in [1.29, 1.82) is 0 Å². The number of rotatable bonds is 2. The summed E-state index contributed by atoms with van der Waals surface area (Å²) < 4.78 is 6.26. The van der Waals surface area contributed by atoms with Crippen molar-refractivity contribution in [2.24, 2.45) is 0 Å². The summed E-state index contributed by atoms with van der Waals surface area (Å²) in [5.41, 5.74) is 2.46. The van der Waals surface area contributed by atoms with Gasteiger partial charge in [0.05, 0.1) is 4.83 Å². The highest BCUT2D eigenvalue weighted by Gasteiger charge is 2.13. The van der Waals surface area contributed by atoms with Crippen LogP contribution in [0.3, 0.4) is 0 Å². The smallest absolute Gasteiger partial charge is 0.169 e. The van der Waals surface area contributed by atoms with Gasteiger partial charge in [-0.2, -0.15) is 0 Å². The van der Waals surface area contributed by atoms with Gasteiger partial charge in [0.2, 0.25) is 0 Å². The molecule has 0 N–H and O–H groups in total. The first kappa shape index (κ1) is 11.0. The van der Waals surface area contributed by atoms with Gasteiger partial charge in [-0.25, -0.2) is 0 Å². The molecule has 2 rings (SSSR count). The molecular weight excluding hydrogens is 320 g/mol. The fourth-order valence-corrected chi connectivity index (χ4v) is 2.23. The summed E-state index contributed by atoms with van der Waals surface area (Å²) in [6.45, 7) is 2.08. The topological polar surface area (TPSA) is 13.1 Å². The Bertz CT molecular complexity index is 445. The average Bonchev–Trinajstić information content (AvgIpc) is 2.65. The summed E-state index contributed by atoms with van der Waals surface area (Å²) in [6, 6.07) is 12.3. The number of benzene rings is 1. The van der Waals surface area contributed by atoms with E-state index in [1.54, 1.807) is 0 Å². The van der Waals surface area contributed by atoms with E-state index in [0.29, 0.717) is 0 Å². The molecule has 1 aromatic heterocycles. The van der Waals surface area contributed by atoms with Crippen LogP contribution >= 0.6 is 31.9 Å². The van der Waals surface area contributed by atoms with Gasteiger partial charge in [0.15, 0.2) is 4.67 Å². The van der Waals surface area contributed by atoms with E-state index in [4.69, 9.17) is 4.42 Å². The van der Waals surface area contributed by atoms with E-state index in [1.807, 2.05) is 12.1 Å². The van der Waals surface area contributed by atoms with Gasteiger partial charge in [-0.1, -0.05) is 45.8 Å². The Labute approximate surface area is 106 Å². The van der Waals surface area contributed by atoms with Crippen molar-refractivity contribution in [3.8, 4) is 0 Å². The summed E-state index contributed by atoms with van der Waals surface area (Å²) in [5, 5.41) is 0. The van der Waals surface area contributed by atoms with E-state index in [9.17, 15) is 0 Å². The van der Waals surface area contributed by atoms with Crippen molar-refractivity contribution in [1.82, 2.24) is 0 Å². The predicted octanol–water partition coefficient (Wildman–Crippen LogP) is 4.83. The number of alkyl halides is 1. The molecule has 0 fully saturated rings. The van der Waals surface area contributed by atoms with Crippen molar-refractivity contribution in [2.75, 3.05) is 0 Å². The number of aryl methyl sites for hydroxylation is 1. The molecule has 0 aliphatic carbocycles. The quantitative estimate of drug-likeness (QED) is 0.719. The number of hydrogen-bond donors (Lipinski definition) is 0. The molecule has 0 aliphatic heterocycles. The molecule has 1 heterocycles. The van der Waals surface area contributed by atoms with Crippen molar-refractivity contribution in [3.05, 3.63) is 58.0 Å². The third-order valence-electron chi connectivity index (χ3n) is 2.21. The van der Waals surface area contributed by atoms with Gasteiger partial charge >= 0.3 is 0 Å². The first-order valence-corrected chi connectivity index (χ1v) is 6.33. The van der Waals surface area contributed by atoms with Crippen LogP contribution in [-0.4, -0.2) is 0 Å². The van der Waals surface area contributed by atoms with Crippen LogP contribution in [0.2, 0.25) is 0 Å². The molecular formula is C12H10Br2O. The Morgan fingerprint density at radius 2 is 1.73 bits per heavy atom. The molecule has 1 aromatic carbocycles. The lowest BCUT2D eigenvalue weighted by atomic mass is 10.1. The molecule has 0 saturated heterocycles. The van der Waals surface area contributed by atoms with E-state index in [0.717, 1.165) is 10.4 Å². The Hall–Kier alpha value is -0.540. The molecule has 0 bridgehead atoms. The summed E-state index contributed by atoms with van der Waals surface area (Å²) in [6.07, 6.45) is 0. The van der Waals surface area contributed by atoms with Gasteiger partial charge in [0.25, 0.3) is 0 Å². The lowest BCUT2D eigenvalue weighted by Gasteiger charge is -2.07. The molecule has 3 heteroatoms. The first-order valence-electron chi connectivity index (χ1n) is 4.62. The largest absolute Gasteiger partial charge is 0.453 e. The van der Waals surface area contributed by atoms with Crippen LogP contribution in [0.5, 0.6) is 0 Å². The van der Waals surface area contributed by atoms with Gasteiger partial charge in [0.1, 0.15) is 5.76 Å². The van der Waals surface area contributed by atoms with Crippen LogP contribution in [0.1, 0.15) is 21.7 Å². The zero-order valence-corrected chi connectivity index (χ0v) is 11.4. The molecule has 2 aromatic rings. The highest BCUT2D eigenvalue weighted by Crippen LogP contribution is 2.33. The lowest BCUT2D eigenvalue weighted by Crippen LogP contribution is -1.90. The van der Waals surface area contributed by atoms with Crippen molar-refractivity contribution in [2.45, 2.75) is 11.8 Å². The molecule has 1 nitrogen and oxygen atoms in total. The van der Waals surface area contributed by atoms with Crippen LogP contribution in [0.4, 0.5) is 0 Å². The molecule has 0 saturated carbocycles. The molecule has 78 valence electrons. The van der Waals surface area contributed by atoms with E-state index in [-0.39, 0.29) is 4.83 Å². The van der Waals surface area contributed by atoms with Crippen LogP contribution < -0.4 is 0 Å². The second-order valence-corrected chi connectivity index (χ2v) is 5.11. The Morgan fingerprint density at radius 3 is 2.27 bits per heavy atom. The van der Waals surface area contributed by atoms with Gasteiger partial charge in [-0.05, 0) is 40.5 Å². The SMILES string of the molecule is Cc1ccc(C(Br)c2ccc(Br)o2)cc1. The highest BCUT2D eigenvalue weighted by molar-refractivity contribution is 9.10. The van der Waals surface area contributed by atoms with Crippen LogP contribution in [0, 0.1) is 6.92 Å². The zero-order valence-electron chi connectivity index (χ0n) is 8.21. The van der Waals surface area contributed by atoms with Gasteiger partial charge < -0.3 is 4.42 Å². The fourth-order valence-electron chi connectivity index (χ4n) is 1.36. The van der Waals surface area contributed by atoms with Crippen molar-refractivity contribution < 1.29 is 4.42 Å². The monoisotopic (exact) mass is 328 g/mol. The molecule has 1 unspecified atom stereocenters. The van der Waals surface area contributed by atoms with Gasteiger partial charge in [-0.15, -0.1) is 0 Å². The van der Waals surface area contributed by atoms with Crippen LogP contribution in [0.15, 0.2) is 45.5 Å². The maximum atomic E-state index is 5.50. The number of halogens is 2. The Balaban J connectivity index is 2.28. The van der Waals surface area contributed by atoms with E-state index >= 15 is 0 Å². The van der Waals surface area contributed by atoms with Gasteiger partial charge in [-0.3, -0.25) is 0 Å². The molecule has 0 spiro atoms. The van der Waals surface area contributed by atoms with E-state index < -0.39 is 0 Å². The van der Waals surface area contributed by atoms with Crippen LogP contribution in [-0.2, 0) is 0 Å². The summed E-state index contributed by atoms with van der Waals surface area (Å²) in [7, 11) is 0. The molecule has 1 atom stereocenters. The second kappa shape index (κ2) is 4.54. The van der Waals surface area contributed by atoms with Crippen molar-refractivity contribution in [3.63, 3.8) is 0 Å². The summed E-state index contributed by atoms with van der Waals surface area (Å²) >= 11 is 6.91. The maximum absolute atomic E-state index is 5.50. The third kappa shape index (κ3) is 2.52. The standard InChI is InChI=1S/C12H10Br2O/c1-8-2-4-9(5-3-8)12(14)10-6-7-11(13)15-10/h2-7,12H,1H3. The van der Waals surface area contributed by atoms with E-state index in [1.165, 1.54) is 11.1 Å². The lowest BCUT2D eigenvalue weighted by molar-refractivity contribution is 0.497. The molecule has 15 heavy (non-hydrogen) atoms. The minimum absolute atomic E-state index is 0.115. The predicted molar refractivity (Wildman–Crippen MR) is 68.4 cm³/mol. The number of hydrogen-bond acceptors (Lipinski definition) is 1. The van der Waals surface area contributed by atoms with Gasteiger partial charge in [0, 0.05) is 0 Å². The molecule has 0 amide bonds.